The molecule has 2 heterocycles. The van der Waals surface area contributed by atoms with Gasteiger partial charge in [0.05, 0.1) is 6.26 Å². The van der Waals surface area contributed by atoms with Crippen molar-refractivity contribution in [1.82, 2.24) is 9.80 Å². The van der Waals surface area contributed by atoms with Crippen molar-refractivity contribution in [2.24, 2.45) is 5.41 Å². The van der Waals surface area contributed by atoms with Gasteiger partial charge in [-0.3, -0.25) is 14.4 Å². The first-order valence-corrected chi connectivity index (χ1v) is 9.85. The van der Waals surface area contributed by atoms with Crippen LogP contribution in [0.15, 0.2) is 53.1 Å². The number of furan rings is 1. The number of rotatable bonds is 5. The van der Waals surface area contributed by atoms with Crippen LogP contribution in [0.25, 0.3) is 0 Å². The van der Waals surface area contributed by atoms with E-state index in [4.69, 9.17) is 4.42 Å². The molecule has 0 saturated carbocycles. The van der Waals surface area contributed by atoms with Crippen molar-refractivity contribution in [2.45, 2.75) is 20.8 Å². The molecule has 1 aliphatic rings. The van der Waals surface area contributed by atoms with Crippen molar-refractivity contribution in [3.8, 4) is 0 Å². The number of carbonyl (C=O) groups is 3. The Kier molecular flexibility index (Phi) is 6.06. The molecule has 3 amide bonds. The Morgan fingerprint density at radius 3 is 2.14 bits per heavy atom. The highest BCUT2D eigenvalue weighted by Gasteiger charge is 2.42. The van der Waals surface area contributed by atoms with Crippen LogP contribution in [-0.4, -0.2) is 60.2 Å². The Morgan fingerprint density at radius 1 is 0.966 bits per heavy atom. The van der Waals surface area contributed by atoms with Gasteiger partial charge in [0.1, 0.15) is 5.41 Å². The Balaban J connectivity index is 1.66. The van der Waals surface area contributed by atoms with E-state index < -0.39 is 5.41 Å². The van der Waals surface area contributed by atoms with E-state index in [0.717, 1.165) is 5.69 Å². The van der Waals surface area contributed by atoms with Crippen LogP contribution in [0.1, 0.15) is 31.3 Å². The van der Waals surface area contributed by atoms with Crippen LogP contribution < -0.4 is 4.90 Å². The lowest BCUT2D eigenvalue weighted by Gasteiger charge is -2.39. The van der Waals surface area contributed by atoms with Crippen molar-refractivity contribution in [3.63, 3.8) is 0 Å². The number of anilines is 1. The number of piperazine rings is 1. The lowest BCUT2D eigenvalue weighted by atomic mass is 9.89. The van der Waals surface area contributed by atoms with E-state index in [-0.39, 0.29) is 17.7 Å². The summed E-state index contributed by atoms with van der Waals surface area (Å²) in [5.74, 6) is -0.340. The molecule has 2 aromatic rings. The fraction of sp³-hybridized carbons (Fsp3) is 0.409. The minimum absolute atomic E-state index is 0.182. The molecule has 0 spiro atoms. The van der Waals surface area contributed by atoms with Crippen molar-refractivity contribution < 1.29 is 18.8 Å². The van der Waals surface area contributed by atoms with Crippen molar-refractivity contribution in [2.75, 3.05) is 37.6 Å². The van der Waals surface area contributed by atoms with Crippen LogP contribution in [0.3, 0.4) is 0 Å². The van der Waals surface area contributed by atoms with Gasteiger partial charge in [-0.25, -0.2) is 0 Å². The monoisotopic (exact) mass is 397 g/mol. The lowest BCUT2D eigenvalue weighted by molar-refractivity contribution is -0.148. The average molecular weight is 397 g/mol. The van der Waals surface area contributed by atoms with E-state index in [1.807, 2.05) is 37.3 Å². The molecule has 7 heteroatoms. The first-order chi connectivity index (χ1) is 13.9. The second kappa shape index (κ2) is 8.51. The maximum atomic E-state index is 13.2. The number of carbonyl (C=O) groups excluding carboxylic acids is 3. The van der Waals surface area contributed by atoms with Gasteiger partial charge in [0, 0.05) is 38.4 Å². The van der Waals surface area contributed by atoms with Crippen LogP contribution >= 0.6 is 0 Å². The molecule has 0 atom stereocenters. The molecule has 0 bridgehead atoms. The molecule has 1 aromatic heterocycles. The van der Waals surface area contributed by atoms with Crippen molar-refractivity contribution in [3.05, 3.63) is 54.5 Å². The average Bonchev–Trinajstić information content (AvgIpc) is 3.29. The predicted octanol–water partition coefficient (Wildman–Crippen LogP) is 2.64. The first-order valence-electron chi connectivity index (χ1n) is 9.85. The molecule has 1 fully saturated rings. The Bertz CT molecular complexity index is 853. The van der Waals surface area contributed by atoms with Crippen molar-refractivity contribution >= 4 is 23.4 Å². The smallest absolute Gasteiger partial charge is 0.289 e. The number of amides is 3. The summed E-state index contributed by atoms with van der Waals surface area (Å²) < 4.78 is 5.17. The van der Waals surface area contributed by atoms with Crippen LogP contribution in [0.2, 0.25) is 0 Å². The number of nitrogens with zero attached hydrogens (tertiary/aromatic N) is 3. The van der Waals surface area contributed by atoms with Gasteiger partial charge in [-0.05, 0) is 45.0 Å². The standard InChI is InChI=1S/C22H27N3O4/c1-4-25(17-9-6-5-7-10-17)21(28)22(2,3)20(27)24-14-12-23(13-15-24)19(26)18-11-8-16-29-18/h5-11,16H,4,12-15H2,1-3H3. The predicted molar refractivity (Wildman–Crippen MR) is 109 cm³/mol. The largest absolute Gasteiger partial charge is 0.459 e. The topological polar surface area (TPSA) is 74.1 Å². The van der Waals surface area contributed by atoms with Gasteiger partial charge in [-0.2, -0.15) is 0 Å². The highest BCUT2D eigenvalue weighted by atomic mass is 16.3. The van der Waals surface area contributed by atoms with Gasteiger partial charge in [0.2, 0.25) is 11.8 Å². The molecule has 154 valence electrons. The van der Waals surface area contributed by atoms with Crippen LogP contribution in [0.4, 0.5) is 5.69 Å². The Labute approximate surface area is 170 Å². The summed E-state index contributed by atoms with van der Waals surface area (Å²) in [6, 6.07) is 12.7. The summed E-state index contributed by atoms with van der Waals surface area (Å²) in [5, 5.41) is 0. The third-order valence-corrected chi connectivity index (χ3v) is 5.28. The van der Waals surface area contributed by atoms with Gasteiger partial charge in [0.25, 0.3) is 5.91 Å². The molecule has 0 unspecified atom stereocenters. The molecule has 0 N–H and O–H groups in total. The Hall–Kier alpha value is -3.09. The summed E-state index contributed by atoms with van der Waals surface area (Å²) in [4.78, 5) is 43.7. The molecule has 29 heavy (non-hydrogen) atoms. The van der Waals surface area contributed by atoms with Crippen LogP contribution in [0.5, 0.6) is 0 Å². The Morgan fingerprint density at radius 2 is 1.59 bits per heavy atom. The van der Waals surface area contributed by atoms with Crippen LogP contribution in [0, 0.1) is 5.41 Å². The second-order valence-corrected chi connectivity index (χ2v) is 7.57. The van der Waals surface area contributed by atoms with Gasteiger partial charge < -0.3 is 19.1 Å². The maximum absolute atomic E-state index is 13.2. The number of benzene rings is 1. The molecule has 0 radical (unpaired) electrons. The lowest BCUT2D eigenvalue weighted by Crippen LogP contribution is -2.56. The molecule has 0 aliphatic carbocycles. The molecule has 7 nitrogen and oxygen atoms in total. The summed E-state index contributed by atoms with van der Waals surface area (Å²) in [7, 11) is 0. The number of hydrogen-bond acceptors (Lipinski definition) is 4. The highest BCUT2D eigenvalue weighted by Crippen LogP contribution is 2.27. The van der Waals surface area contributed by atoms with Crippen molar-refractivity contribution in [1.29, 1.82) is 0 Å². The molecule has 1 aliphatic heterocycles. The van der Waals surface area contributed by atoms with E-state index >= 15 is 0 Å². The minimum Gasteiger partial charge on any atom is -0.459 e. The first kappa shape index (κ1) is 20.6. The summed E-state index contributed by atoms with van der Waals surface area (Å²) in [6.45, 7) is 7.30. The number of para-hydroxylation sites is 1. The van der Waals surface area contributed by atoms with Gasteiger partial charge in [-0.1, -0.05) is 18.2 Å². The minimum atomic E-state index is -1.20. The molecule has 1 saturated heterocycles. The fourth-order valence-electron chi connectivity index (χ4n) is 3.54. The van der Waals surface area contributed by atoms with Gasteiger partial charge in [-0.15, -0.1) is 0 Å². The van der Waals surface area contributed by atoms with E-state index in [2.05, 4.69) is 0 Å². The molecule has 1 aromatic carbocycles. The van der Waals surface area contributed by atoms with E-state index in [1.165, 1.54) is 6.26 Å². The van der Waals surface area contributed by atoms with E-state index in [9.17, 15) is 14.4 Å². The second-order valence-electron chi connectivity index (χ2n) is 7.57. The normalized spacial score (nSPS) is 14.6. The third-order valence-electron chi connectivity index (χ3n) is 5.28. The molecular formula is C22H27N3O4. The van der Waals surface area contributed by atoms with Gasteiger partial charge >= 0.3 is 0 Å². The quantitative estimate of drug-likeness (QED) is 0.727. The van der Waals surface area contributed by atoms with Gasteiger partial charge in [0.15, 0.2) is 5.76 Å². The summed E-state index contributed by atoms with van der Waals surface area (Å²) >= 11 is 0. The van der Waals surface area contributed by atoms with Crippen LogP contribution in [-0.2, 0) is 9.59 Å². The van der Waals surface area contributed by atoms with E-state index in [0.29, 0.717) is 38.5 Å². The highest BCUT2D eigenvalue weighted by molar-refractivity contribution is 6.11. The molecule has 3 rings (SSSR count). The number of hydrogen-bond donors (Lipinski definition) is 0. The zero-order valence-electron chi connectivity index (χ0n) is 17.1. The summed E-state index contributed by atoms with van der Waals surface area (Å²) in [6.07, 6.45) is 1.47. The zero-order chi connectivity index (χ0) is 21.0. The maximum Gasteiger partial charge on any atom is 0.289 e. The summed E-state index contributed by atoms with van der Waals surface area (Å²) in [5.41, 5.74) is -0.422. The zero-order valence-corrected chi connectivity index (χ0v) is 17.1. The SMILES string of the molecule is CCN(C(=O)C(C)(C)C(=O)N1CCN(C(=O)c2ccco2)CC1)c1ccccc1. The molecular weight excluding hydrogens is 370 g/mol. The fourth-order valence-corrected chi connectivity index (χ4v) is 3.54. The van der Waals surface area contributed by atoms with E-state index in [1.54, 1.807) is 40.7 Å². The third kappa shape index (κ3) is 4.18.